The maximum absolute atomic E-state index is 5.55. The van der Waals surface area contributed by atoms with Crippen molar-refractivity contribution in [3.05, 3.63) is 77.8 Å². The molecule has 1 N–H and O–H groups in total. The maximum atomic E-state index is 5.55. The van der Waals surface area contributed by atoms with Gasteiger partial charge in [-0.3, -0.25) is 0 Å². The first-order chi connectivity index (χ1) is 14.3. The van der Waals surface area contributed by atoms with Crippen LogP contribution in [0.1, 0.15) is 45.7 Å². The summed E-state index contributed by atoms with van der Waals surface area (Å²) in [5, 5.41) is 3.65. The molecule has 0 atom stereocenters. The van der Waals surface area contributed by atoms with Gasteiger partial charge in [0.1, 0.15) is 5.76 Å². The molecule has 1 aromatic rings. The number of anilines is 1. The van der Waals surface area contributed by atoms with Gasteiger partial charge in [-0.05, 0) is 69.5 Å². The van der Waals surface area contributed by atoms with Crippen molar-refractivity contribution in [1.82, 2.24) is 0 Å². The standard InChI is InChI=1S/C26H35NO2S/c1-8-11-22(25(9-2)28-7)20-12-13-24-23(14-20)21(15-26(5,6)27-24)18-30-17-19(4)16-29-10-3/h8-9,11-16,27H,2,10,17-18H2,1,3-7H3/b11-8-,19-16+,25-22-. The van der Waals surface area contributed by atoms with E-state index in [1.807, 2.05) is 37.9 Å². The topological polar surface area (TPSA) is 30.5 Å². The number of allylic oxidation sites excluding steroid dienone is 4. The summed E-state index contributed by atoms with van der Waals surface area (Å²) in [6, 6.07) is 6.57. The molecule has 0 spiro atoms. The summed E-state index contributed by atoms with van der Waals surface area (Å²) in [5.41, 5.74) is 7.08. The lowest BCUT2D eigenvalue weighted by Crippen LogP contribution is -2.32. The summed E-state index contributed by atoms with van der Waals surface area (Å²) in [4.78, 5) is 0. The Morgan fingerprint density at radius 2 is 2.07 bits per heavy atom. The van der Waals surface area contributed by atoms with Crippen LogP contribution in [0.5, 0.6) is 0 Å². The SMILES string of the molecule is C=C/C(OC)=C(\C=C/C)c1ccc2c(c1)C(CSC/C(C)=C/OCC)=CC(C)(C)N2. The molecule has 2 rings (SSSR count). The fourth-order valence-corrected chi connectivity index (χ4v) is 4.43. The summed E-state index contributed by atoms with van der Waals surface area (Å²) in [7, 11) is 1.68. The third-order valence-electron chi connectivity index (χ3n) is 4.71. The van der Waals surface area contributed by atoms with Gasteiger partial charge in [-0.25, -0.2) is 0 Å². The van der Waals surface area contributed by atoms with Crippen LogP contribution >= 0.6 is 11.8 Å². The highest BCUT2D eigenvalue weighted by atomic mass is 32.2. The van der Waals surface area contributed by atoms with Crippen molar-refractivity contribution in [2.24, 2.45) is 0 Å². The molecule has 162 valence electrons. The van der Waals surface area contributed by atoms with E-state index in [1.165, 1.54) is 22.4 Å². The Bertz CT molecular complexity index is 875. The lowest BCUT2D eigenvalue weighted by Gasteiger charge is -2.32. The molecular weight excluding hydrogens is 390 g/mol. The molecule has 0 bridgehead atoms. The minimum atomic E-state index is -0.0819. The van der Waals surface area contributed by atoms with Crippen LogP contribution in [0.2, 0.25) is 0 Å². The van der Waals surface area contributed by atoms with Gasteiger partial charge in [0.15, 0.2) is 0 Å². The van der Waals surface area contributed by atoms with Crippen LogP contribution in [-0.2, 0) is 9.47 Å². The van der Waals surface area contributed by atoms with Crippen LogP contribution in [-0.4, -0.2) is 30.8 Å². The molecule has 0 amide bonds. The van der Waals surface area contributed by atoms with Gasteiger partial charge in [0.2, 0.25) is 0 Å². The van der Waals surface area contributed by atoms with Gasteiger partial charge in [0.05, 0.1) is 25.5 Å². The molecule has 0 saturated heterocycles. The van der Waals surface area contributed by atoms with Crippen molar-refractivity contribution in [3.63, 3.8) is 0 Å². The Morgan fingerprint density at radius 1 is 1.30 bits per heavy atom. The Morgan fingerprint density at radius 3 is 2.70 bits per heavy atom. The van der Waals surface area contributed by atoms with Crippen molar-refractivity contribution in [2.45, 2.75) is 40.2 Å². The van der Waals surface area contributed by atoms with E-state index < -0.39 is 0 Å². The molecule has 0 saturated carbocycles. The fourth-order valence-electron chi connectivity index (χ4n) is 3.47. The zero-order valence-electron chi connectivity index (χ0n) is 19.2. The summed E-state index contributed by atoms with van der Waals surface area (Å²) >= 11 is 1.91. The van der Waals surface area contributed by atoms with Crippen molar-refractivity contribution >= 4 is 28.6 Å². The van der Waals surface area contributed by atoms with Crippen molar-refractivity contribution in [1.29, 1.82) is 0 Å². The van der Waals surface area contributed by atoms with Crippen molar-refractivity contribution < 1.29 is 9.47 Å². The summed E-state index contributed by atoms with van der Waals surface area (Å²) in [6.07, 6.45) is 10.1. The third-order valence-corrected chi connectivity index (χ3v) is 5.89. The molecular formula is C26H35NO2S. The molecule has 30 heavy (non-hydrogen) atoms. The van der Waals surface area contributed by atoms with Crippen LogP contribution in [0, 0.1) is 0 Å². The van der Waals surface area contributed by atoms with Crippen LogP contribution in [0.4, 0.5) is 5.69 Å². The van der Waals surface area contributed by atoms with Gasteiger partial charge < -0.3 is 14.8 Å². The summed E-state index contributed by atoms with van der Waals surface area (Å²) < 4.78 is 11.0. The van der Waals surface area contributed by atoms with Crippen molar-refractivity contribution in [2.75, 3.05) is 30.5 Å². The van der Waals surface area contributed by atoms with Gasteiger partial charge in [-0.15, -0.1) is 0 Å². The molecule has 1 aliphatic rings. The summed E-state index contributed by atoms with van der Waals surface area (Å²) in [5.74, 6) is 2.67. The van der Waals surface area contributed by atoms with E-state index in [2.05, 4.69) is 63.0 Å². The average Bonchev–Trinajstić information content (AvgIpc) is 2.71. The number of benzene rings is 1. The lowest BCUT2D eigenvalue weighted by molar-refractivity contribution is 0.266. The lowest BCUT2D eigenvalue weighted by atomic mass is 9.89. The van der Waals surface area contributed by atoms with E-state index in [0.29, 0.717) is 6.61 Å². The third kappa shape index (κ3) is 6.33. The van der Waals surface area contributed by atoms with E-state index in [1.54, 1.807) is 13.2 Å². The fraction of sp³-hybridized carbons (Fsp3) is 0.385. The number of thioether (sulfide) groups is 1. The van der Waals surface area contributed by atoms with E-state index in [0.717, 1.165) is 28.4 Å². The number of nitrogens with one attached hydrogen (secondary N) is 1. The zero-order chi connectivity index (χ0) is 22.1. The normalized spacial score (nSPS) is 16.3. The molecule has 0 radical (unpaired) electrons. The number of fused-ring (bicyclic) bond motifs is 1. The quantitative estimate of drug-likeness (QED) is 0.321. The monoisotopic (exact) mass is 425 g/mol. The summed E-state index contributed by atoms with van der Waals surface area (Å²) in [6.45, 7) is 15.2. The second-order valence-electron chi connectivity index (χ2n) is 7.88. The largest absolute Gasteiger partial charge is 0.502 e. The first-order valence-electron chi connectivity index (χ1n) is 10.4. The molecule has 0 unspecified atom stereocenters. The van der Waals surface area contributed by atoms with Crippen molar-refractivity contribution in [3.8, 4) is 0 Å². The highest BCUT2D eigenvalue weighted by Gasteiger charge is 2.24. The van der Waals surface area contributed by atoms with Gasteiger partial charge in [-0.1, -0.05) is 30.9 Å². The predicted octanol–water partition coefficient (Wildman–Crippen LogP) is 7.07. The minimum Gasteiger partial charge on any atom is -0.502 e. The van der Waals surface area contributed by atoms with E-state index >= 15 is 0 Å². The van der Waals surface area contributed by atoms with Gasteiger partial charge in [0.25, 0.3) is 0 Å². The molecule has 0 fully saturated rings. The highest BCUT2D eigenvalue weighted by Crippen LogP contribution is 2.38. The second kappa shape index (κ2) is 11.2. The molecule has 1 aromatic carbocycles. The van der Waals surface area contributed by atoms with Crippen LogP contribution in [0.25, 0.3) is 11.1 Å². The zero-order valence-corrected chi connectivity index (χ0v) is 20.0. The van der Waals surface area contributed by atoms with E-state index in [9.17, 15) is 0 Å². The van der Waals surface area contributed by atoms with E-state index in [4.69, 9.17) is 9.47 Å². The van der Waals surface area contributed by atoms with Gasteiger partial charge in [-0.2, -0.15) is 11.8 Å². The first-order valence-corrected chi connectivity index (χ1v) is 11.5. The molecule has 0 aliphatic carbocycles. The van der Waals surface area contributed by atoms with Gasteiger partial charge >= 0.3 is 0 Å². The number of ether oxygens (including phenoxy) is 2. The number of hydrogen-bond donors (Lipinski definition) is 1. The maximum Gasteiger partial charge on any atom is 0.126 e. The van der Waals surface area contributed by atoms with Gasteiger partial charge in [0, 0.05) is 28.3 Å². The van der Waals surface area contributed by atoms with E-state index in [-0.39, 0.29) is 5.54 Å². The smallest absolute Gasteiger partial charge is 0.126 e. The second-order valence-corrected chi connectivity index (χ2v) is 8.86. The van der Waals surface area contributed by atoms with Crippen LogP contribution < -0.4 is 5.32 Å². The molecule has 1 aliphatic heterocycles. The molecule has 4 heteroatoms. The number of methoxy groups -OCH3 is 1. The highest BCUT2D eigenvalue weighted by molar-refractivity contribution is 7.99. The van der Waals surface area contributed by atoms with Crippen LogP contribution in [0.3, 0.4) is 0 Å². The first kappa shape index (κ1) is 23.9. The predicted molar refractivity (Wildman–Crippen MR) is 134 cm³/mol. The number of rotatable bonds is 10. The Hall–Kier alpha value is -2.33. The Kier molecular flexibility index (Phi) is 8.91. The molecule has 3 nitrogen and oxygen atoms in total. The molecule has 0 aromatic heterocycles. The minimum absolute atomic E-state index is 0.0819. The Balaban J connectivity index is 2.38. The average molecular weight is 426 g/mol. The van der Waals surface area contributed by atoms with Crippen LogP contribution in [0.15, 0.2) is 66.7 Å². The Labute approximate surface area is 186 Å². The number of hydrogen-bond acceptors (Lipinski definition) is 4. The molecule has 1 heterocycles.